The summed E-state index contributed by atoms with van der Waals surface area (Å²) < 4.78 is 5.03. The van der Waals surface area contributed by atoms with Crippen molar-refractivity contribution in [3.05, 3.63) is 59.9 Å². The minimum absolute atomic E-state index is 0. The number of hydrogen-bond donors (Lipinski definition) is 3. The molecule has 3 N–H and O–H groups in total. The fourth-order valence-electron chi connectivity index (χ4n) is 2.30. The number of aromatic nitrogens is 1. The van der Waals surface area contributed by atoms with E-state index in [0.29, 0.717) is 6.61 Å². The number of anilines is 1. The zero-order valence-electron chi connectivity index (χ0n) is 15.4. The van der Waals surface area contributed by atoms with Crippen LogP contribution in [0.25, 0.3) is 0 Å². The van der Waals surface area contributed by atoms with Crippen LogP contribution in [0.5, 0.6) is 0 Å². The number of nitrogens with one attached hydrogen (secondary N) is 3. The summed E-state index contributed by atoms with van der Waals surface area (Å²) in [5.41, 5.74) is 3.37. The Labute approximate surface area is 172 Å². The molecule has 1 aromatic carbocycles. The Morgan fingerprint density at radius 1 is 1.08 bits per heavy atom. The molecule has 0 aliphatic carbocycles. The maximum atomic E-state index is 5.03. The summed E-state index contributed by atoms with van der Waals surface area (Å²) in [6.07, 6.45) is 2.68. The summed E-state index contributed by atoms with van der Waals surface area (Å²) in [7, 11) is 3.48. The molecule has 2 aromatic rings. The van der Waals surface area contributed by atoms with Crippen LogP contribution in [0.1, 0.15) is 11.3 Å². The van der Waals surface area contributed by atoms with E-state index in [9.17, 15) is 0 Å². The number of rotatable bonds is 9. The highest BCUT2D eigenvalue weighted by molar-refractivity contribution is 14.0. The SMILES string of the molecule is CN=C(NCCc1ccccn1)NCc1ccc(NCCOC)cc1.I. The Morgan fingerprint density at radius 3 is 2.54 bits per heavy atom. The fourth-order valence-corrected chi connectivity index (χ4v) is 2.30. The highest BCUT2D eigenvalue weighted by Crippen LogP contribution is 2.09. The smallest absolute Gasteiger partial charge is 0.191 e. The summed E-state index contributed by atoms with van der Waals surface area (Å²) in [5.74, 6) is 0.790. The maximum absolute atomic E-state index is 5.03. The molecule has 26 heavy (non-hydrogen) atoms. The van der Waals surface area contributed by atoms with Gasteiger partial charge in [-0.3, -0.25) is 9.98 Å². The summed E-state index contributed by atoms with van der Waals surface area (Å²) in [4.78, 5) is 8.57. The highest BCUT2D eigenvalue weighted by atomic mass is 127. The molecule has 0 amide bonds. The largest absolute Gasteiger partial charge is 0.383 e. The predicted octanol–water partition coefficient (Wildman–Crippen LogP) is 2.67. The molecule has 0 aliphatic heterocycles. The van der Waals surface area contributed by atoms with Crippen LogP contribution >= 0.6 is 24.0 Å². The van der Waals surface area contributed by atoms with Crippen molar-refractivity contribution in [1.82, 2.24) is 15.6 Å². The van der Waals surface area contributed by atoms with E-state index >= 15 is 0 Å². The molecule has 0 fully saturated rings. The monoisotopic (exact) mass is 469 g/mol. The molecule has 0 aliphatic rings. The van der Waals surface area contributed by atoms with Crippen LogP contribution in [-0.2, 0) is 17.7 Å². The summed E-state index contributed by atoms with van der Waals surface area (Å²) >= 11 is 0. The molecule has 7 heteroatoms. The summed E-state index contributed by atoms with van der Waals surface area (Å²) in [6.45, 7) is 3.02. The quantitative estimate of drug-likeness (QED) is 0.228. The lowest BCUT2D eigenvalue weighted by Gasteiger charge is -2.12. The van der Waals surface area contributed by atoms with Crippen molar-refractivity contribution in [2.24, 2.45) is 4.99 Å². The van der Waals surface area contributed by atoms with Crippen molar-refractivity contribution in [1.29, 1.82) is 0 Å². The van der Waals surface area contributed by atoms with Gasteiger partial charge in [0.2, 0.25) is 0 Å². The third-order valence-electron chi connectivity index (χ3n) is 3.67. The van der Waals surface area contributed by atoms with Crippen molar-refractivity contribution in [3.8, 4) is 0 Å². The van der Waals surface area contributed by atoms with E-state index in [4.69, 9.17) is 4.74 Å². The Balaban J connectivity index is 0.00000338. The van der Waals surface area contributed by atoms with Gasteiger partial charge in [0.1, 0.15) is 0 Å². The van der Waals surface area contributed by atoms with Gasteiger partial charge >= 0.3 is 0 Å². The number of methoxy groups -OCH3 is 1. The Morgan fingerprint density at radius 2 is 1.88 bits per heavy atom. The first-order chi connectivity index (χ1) is 12.3. The normalized spacial score (nSPS) is 10.8. The van der Waals surface area contributed by atoms with Crippen LogP contribution < -0.4 is 16.0 Å². The average molecular weight is 469 g/mol. The molecule has 1 aromatic heterocycles. The summed E-state index contributed by atoms with van der Waals surface area (Å²) in [5, 5.41) is 9.93. The Kier molecular flexibility index (Phi) is 11.4. The highest BCUT2D eigenvalue weighted by Gasteiger charge is 2.00. The number of ether oxygens (including phenoxy) is 1. The molecule has 0 radical (unpaired) electrons. The molecule has 6 nitrogen and oxygen atoms in total. The lowest BCUT2D eigenvalue weighted by Crippen LogP contribution is -2.37. The lowest BCUT2D eigenvalue weighted by atomic mass is 10.2. The first-order valence-corrected chi connectivity index (χ1v) is 8.48. The molecule has 0 spiro atoms. The number of halogens is 1. The number of nitrogens with zero attached hydrogens (tertiary/aromatic N) is 2. The van der Waals surface area contributed by atoms with Crippen molar-refractivity contribution in [2.45, 2.75) is 13.0 Å². The molecule has 0 saturated heterocycles. The van der Waals surface area contributed by atoms with E-state index < -0.39 is 0 Å². The molecule has 142 valence electrons. The Hall–Kier alpha value is -1.87. The van der Waals surface area contributed by atoms with E-state index in [-0.39, 0.29) is 24.0 Å². The number of pyridine rings is 1. The molecule has 2 rings (SSSR count). The molecule has 0 atom stereocenters. The number of hydrogen-bond acceptors (Lipinski definition) is 4. The van der Waals surface area contributed by atoms with Crippen molar-refractivity contribution >= 4 is 35.6 Å². The molecule has 0 bridgehead atoms. The van der Waals surface area contributed by atoms with Gasteiger partial charge in [0.15, 0.2) is 5.96 Å². The fraction of sp³-hybridized carbons (Fsp3) is 0.368. The number of aliphatic imine (C=N–C) groups is 1. The van der Waals surface area contributed by atoms with Gasteiger partial charge < -0.3 is 20.7 Å². The van der Waals surface area contributed by atoms with Crippen LogP contribution in [0.15, 0.2) is 53.7 Å². The average Bonchev–Trinajstić information content (AvgIpc) is 2.66. The minimum Gasteiger partial charge on any atom is -0.383 e. The van der Waals surface area contributed by atoms with Gasteiger partial charge in [-0.2, -0.15) is 0 Å². The maximum Gasteiger partial charge on any atom is 0.191 e. The number of benzene rings is 1. The van der Waals surface area contributed by atoms with Crippen LogP contribution in [0.4, 0.5) is 5.69 Å². The zero-order valence-corrected chi connectivity index (χ0v) is 17.7. The standard InChI is InChI=1S/C19H27N5O.HI/c1-20-19(23-12-10-17-5-3-4-11-21-17)24-15-16-6-8-18(9-7-16)22-13-14-25-2;/h3-9,11,22H,10,12-15H2,1-2H3,(H2,20,23,24);1H. The van der Waals surface area contributed by atoms with Gasteiger partial charge in [0.05, 0.1) is 6.61 Å². The Bertz CT molecular complexity index is 634. The molecule has 0 saturated carbocycles. The van der Waals surface area contributed by atoms with Crippen molar-refractivity contribution in [2.75, 3.05) is 39.2 Å². The van der Waals surface area contributed by atoms with Gasteiger partial charge in [0, 0.05) is 57.8 Å². The predicted molar refractivity (Wildman–Crippen MR) is 118 cm³/mol. The first kappa shape index (κ1) is 22.2. The van der Waals surface area contributed by atoms with Crippen molar-refractivity contribution < 1.29 is 4.74 Å². The molecule has 1 heterocycles. The molecular weight excluding hydrogens is 441 g/mol. The lowest BCUT2D eigenvalue weighted by molar-refractivity contribution is 0.211. The second kappa shape index (κ2) is 13.3. The molecular formula is C19H28IN5O. The van der Waals surface area contributed by atoms with E-state index in [2.05, 4.69) is 50.2 Å². The first-order valence-electron chi connectivity index (χ1n) is 8.48. The van der Waals surface area contributed by atoms with E-state index in [1.165, 1.54) is 5.56 Å². The zero-order chi connectivity index (χ0) is 17.7. The van der Waals surface area contributed by atoms with Crippen molar-refractivity contribution in [3.63, 3.8) is 0 Å². The van der Waals surface area contributed by atoms with Gasteiger partial charge in [0.25, 0.3) is 0 Å². The van der Waals surface area contributed by atoms with Crippen LogP contribution in [-0.4, -0.2) is 44.8 Å². The van der Waals surface area contributed by atoms with Gasteiger partial charge in [-0.15, -0.1) is 24.0 Å². The van der Waals surface area contributed by atoms with Crippen LogP contribution in [0, 0.1) is 0 Å². The van der Waals surface area contributed by atoms with Crippen LogP contribution in [0.2, 0.25) is 0 Å². The van der Waals surface area contributed by atoms with E-state index in [1.54, 1.807) is 14.2 Å². The van der Waals surface area contributed by atoms with Gasteiger partial charge in [-0.1, -0.05) is 18.2 Å². The third-order valence-corrected chi connectivity index (χ3v) is 3.67. The van der Waals surface area contributed by atoms with E-state index in [0.717, 1.165) is 43.4 Å². The van der Waals surface area contributed by atoms with E-state index in [1.807, 2.05) is 24.4 Å². The summed E-state index contributed by atoms with van der Waals surface area (Å²) in [6, 6.07) is 14.3. The third kappa shape index (κ3) is 8.48. The minimum atomic E-state index is 0. The topological polar surface area (TPSA) is 70.6 Å². The van der Waals surface area contributed by atoms with Crippen LogP contribution in [0.3, 0.4) is 0 Å². The van der Waals surface area contributed by atoms with Gasteiger partial charge in [-0.05, 0) is 29.8 Å². The second-order valence-electron chi connectivity index (χ2n) is 5.54. The van der Waals surface area contributed by atoms with Gasteiger partial charge in [-0.25, -0.2) is 0 Å². The number of guanidine groups is 1. The molecule has 0 unspecified atom stereocenters. The second-order valence-corrected chi connectivity index (χ2v) is 5.54.